The molecule has 0 radical (unpaired) electrons. The van der Waals surface area contributed by atoms with Crippen LogP contribution < -0.4 is 4.72 Å². The van der Waals surface area contributed by atoms with Crippen LogP contribution >= 0.6 is 11.8 Å². The smallest absolute Gasteiger partial charge is 0.259 e. The van der Waals surface area contributed by atoms with Crippen molar-refractivity contribution >= 4 is 21.8 Å². The van der Waals surface area contributed by atoms with Crippen LogP contribution in [0.4, 0.5) is 0 Å². The van der Waals surface area contributed by atoms with E-state index >= 15 is 0 Å². The van der Waals surface area contributed by atoms with E-state index in [2.05, 4.69) is 9.71 Å². The summed E-state index contributed by atoms with van der Waals surface area (Å²) in [5.41, 5.74) is -1.07. The van der Waals surface area contributed by atoms with Gasteiger partial charge in [-0.05, 0) is 20.1 Å². The molecule has 0 aliphatic carbocycles. The molecule has 0 bridgehead atoms. The van der Waals surface area contributed by atoms with Gasteiger partial charge in [0.2, 0.25) is 0 Å². The fourth-order valence-electron chi connectivity index (χ4n) is 1.34. The Morgan fingerprint density at radius 1 is 1.61 bits per heavy atom. The van der Waals surface area contributed by atoms with Crippen molar-refractivity contribution in [1.82, 2.24) is 14.3 Å². The number of aryl methyl sites for hydroxylation is 1. The molecule has 1 heterocycles. The highest BCUT2D eigenvalue weighted by molar-refractivity contribution is 7.98. The molecule has 18 heavy (non-hydrogen) atoms. The summed E-state index contributed by atoms with van der Waals surface area (Å²) in [6, 6.07) is 0. The number of hydrogen-bond acceptors (Lipinski definition) is 5. The van der Waals surface area contributed by atoms with E-state index in [4.69, 9.17) is 0 Å². The Morgan fingerprint density at radius 2 is 2.28 bits per heavy atom. The number of thioether (sulfide) groups is 1. The molecule has 1 aromatic heterocycles. The first-order chi connectivity index (χ1) is 8.30. The van der Waals surface area contributed by atoms with E-state index in [1.807, 2.05) is 13.2 Å². The molecule has 6 nitrogen and oxygen atoms in total. The van der Waals surface area contributed by atoms with Gasteiger partial charge in [0.25, 0.3) is 10.0 Å². The number of hydrogen-bond donors (Lipinski definition) is 2. The van der Waals surface area contributed by atoms with E-state index in [1.165, 1.54) is 24.3 Å². The number of nitrogens with one attached hydrogen (secondary N) is 1. The summed E-state index contributed by atoms with van der Waals surface area (Å²) in [4.78, 5) is 3.83. The van der Waals surface area contributed by atoms with Crippen molar-refractivity contribution in [2.45, 2.75) is 31.0 Å². The lowest BCUT2D eigenvalue weighted by atomic mass is 10.1. The fourth-order valence-corrected chi connectivity index (χ4v) is 3.17. The van der Waals surface area contributed by atoms with E-state index in [0.29, 0.717) is 12.3 Å². The van der Waals surface area contributed by atoms with Crippen molar-refractivity contribution in [1.29, 1.82) is 0 Å². The van der Waals surface area contributed by atoms with Gasteiger partial charge in [-0.2, -0.15) is 11.8 Å². The van der Waals surface area contributed by atoms with E-state index < -0.39 is 15.6 Å². The molecule has 0 saturated carbocycles. The molecule has 1 atom stereocenters. The van der Waals surface area contributed by atoms with Gasteiger partial charge in [0, 0.05) is 25.0 Å². The van der Waals surface area contributed by atoms with Gasteiger partial charge in [0.1, 0.15) is 0 Å². The van der Waals surface area contributed by atoms with Crippen LogP contribution in [0.1, 0.15) is 13.8 Å². The maximum absolute atomic E-state index is 11.9. The highest BCUT2D eigenvalue weighted by Crippen LogP contribution is 2.11. The van der Waals surface area contributed by atoms with Crippen LogP contribution in [-0.4, -0.2) is 47.2 Å². The highest BCUT2D eigenvalue weighted by atomic mass is 32.2. The zero-order chi connectivity index (χ0) is 13.8. The zero-order valence-corrected chi connectivity index (χ0v) is 12.4. The van der Waals surface area contributed by atoms with Crippen LogP contribution in [0.15, 0.2) is 17.6 Å². The van der Waals surface area contributed by atoms with Gasteiger partial charge in [0.15, 0.2) is 5.03 Å². The lowest BCUT2D eigenvalue weighted by molar-refractivity contribution is 0.0908. The number of rotatable bonds is 7. The molecule has 1 unspecified atom stereocenters. The standard InChI is InChI=1S/C10H19N3O3S2/c1-4-13-5-9(11-8-13)18(15,16)12-6-10(2,14)7-17-3/h5,8,12,14H,4,6-7H2,1-3H3. The maximum Gasteiger partial charge on any atom is 0.259 e. The van der Waals surface area contributed by atoms with Crippen molar-refractivity contribution in [3.05, 3.63) is 12.5 Å². The van der Waals surface area contributed by atoms with Gasteiger partial charge < -0.3 is 9.67 Å². The minimum Gasteiger partial charge on any atom is -0.388 e. The third kappa shape index (κ3) is 4.27. The largest absolute Gasteiger partial charge is 0.388 e. The predicted octanol–water partition coefficient (Wildman–Crippen LogP) is 0.295. The van der Waals surface area contributed by atoms with Crippen molar-refractivity contribution < 1.29 is 13.5 Å². The van der Waals surface area contributed by atoms with Gasteiger partial charge in [-0.1, -0.05) is 0 Å². The first kappa shape index (κ1) is 15.5. The Morgan fingerprint density at radius 3 is 2.78 bits per heavy atom. The summed E-state index contributed by atoms with van der Waals surface area (Å²) in [6.45, 7) is 4.12. The van der Waals surface area contributed by atoms with Crippen molar-refractivity contribution in [2.75, 3.05) is 18.6 Å². The summed E-state index contributed by atoms with van der Waals surface area (Å²) < 4.78 is 27.9. The average Bonchev–Trinajstić information content (AvgIpc) is 2.76. The second-order valence-corrected chi connectivity index (χ2v) is 6.88. The van der Waals surface area contributed by atoms with Gasteiger partial charge in [-0.15, -0.1) is 0 Å². The van der Waals surface area contributed by atoms with E-state index in [-0.39, 0.29) is 11.6 Å². The molecule has 8 heteroatoms. The molecule has 2 N–H and O–H groups in total. The maximum atomic E-state index is 11.9. The minimum atomic E-state index is -3.65. The number of nitrogens with zero attached hydrogens (tertiary/aromatic N) is 2. The third-order valence-corrected chi connectivity index (χ3v) is 4.54. The second-order valence-electron chi connectivity index (χ2n) is 4.30. The van der Waals surface area contributed by atoms with Crippen LogP contribution in [0.2, 0.25) is 0 Å². The Bertz CT molecular complexity index is 482. The van der Waals surface area contributed by atoms with E-state index in [0.717, 1.165) is 0 Å². The molecule has 1 aromatic rings. The number of imidazole rings is 1. The molecule has 1 rings (SSSR count). The lowest BCUT2D eigenvalue weighted by Crippen LogP contribution is -2.42. The van der Waals surface area contributed by atoms with Crippen LogP contribution in [-0.2, 0) is 16.6 Å². The quantitative estimate of drug-likeness (QED) is 0.755. The number of aliphatic hydroxyl groups is 1. The second kappa shape index (κ2) is 6.05. The molecule has 0 aromatic carbocycles. The zero-order valence-electron chi connectivity index (χ0n) is 10.8. The number of aromatic nitrogens is 2. The van der Waals surface area contributed by atoms with Crippen LogP contribution in [0, 0.1) is 0 Å². The predicted molar refractivity (Wildman–Crippen MR) is 72.1 cm³/mol. The summed E-state index contributed by atoms with van der Waals surface area (Å²) >= 11 is 1.46. The molecule has 0 spiro atoms. The van der Waals surface area contributed by atoms with Crippen LogP contribution in [0.3, 0.4) is 0 Å². The molecule has 0 amide bonds. The Hall–Kier alpha value is -0.570. The molecule has 0 saturated heterocycles. The molecule has 0 aliphatic heterocycles. The van der Waals surface area contributed by atoms with E-state index in [9.17, 15) is 13.5 Å². The Kier molecular flexibility index (Phi) is 5.20. The first-order valence-corrected chi connectivity index (χ1v) is 8.41. The lowest BCUT2D eigenvalue weighted by Gasteiger charge is -2.21. The SMILES string of the molecule is CCn1cnc(S(=O)(=O)NCC(C)(O)CSC)c1. The van der Waals surface area contributed by atoms with Gasteiger partial charge in [0.05, 0.1) is 11.9 Å². The van der Waals surface area contributed by atoms with Gasteiger partial charge in [-0.3, -0.25) is 0 Å². The van der Waals surface area contributed by atoms with Crippen molar-refractivity contribution in [3.63, 3.8) is 0 Å². The van der Waals surface area contributed by atoms with Gasteiger partial charge in [-0.25, -0.2) is 18.1 Å². The molecular formula is C10H19N3O3S2. The van der Waals surface area contributed by atoms with Crippen LogP contribution in [0.5, 0.6) is 0 Å². The Labute approximate surface area is 112 Å². The molecule has 104 valence electrons. The van der Waals surface area contributed by atoms with Crippen molar-refractivity contribution in [3.8, 4) is 0 Å². The Balaban J connectivity index is 2.71. The minimum absolute atomic E-state index is 0.0238. The van der Waals surface area contributed by atoms with E-state index in [1.54, 1.807) is 11.5 Å². The third-order valence-electron chi connectivity index (χ3n) is 2.35. The highest BCUT2D eigenvalue weighted by Gasteiger charge is 2.24. The van der Waals surface area contributed by atoms with Crippen LogP contribution in [0.25, 0.3) is 0 Å². The summed E-state index contributed by atoms with van der Waals surface area (Å²) in [7, 11) is -3.65. The molecular weight excluding hydrogens is 274 g/mol. The normalized spacial score (nSPS) is 15.6. The summed E-state index contributed by atoms with van der Waals surface area (Å²) in [6.07, 6.45) is 4.78. The summed E-state index contributed by atoms with van der Waals surface area (Å²) in [5, 5.41) is 9.88. The number of sulfonamides is 1. The summed E-state index contributed by atoms with van der Waals surface area (Å²) in [5.74, 6) is 0.457. The monoisotopic (exact) mass is 293 g/mol. The average molecular weight is 293 g/mol. The van der Waals surface area contributed by atoms with Crippen molar-refractivity contribution in [2.24, 2.45) is 0 Å². The fraction of sp³-hybridized carbons (Fsp3) is 0.700. The molecule has 0 fully saturated rings. The topological polar surface area (TPSA) is 84.2 Å². The van der Waals surface area contributed by atoms with Gasteiger partial charge >= 0.3 is 0 Å². The first-order valence-electron chi connectivity index (χ1n) is 5.53. The molecule has 0 aliphatic rings.